The van der Waals surface area contributed by atoms with Crippen molar-refractivity contribution in [1.82, 2.24) is 4.98 Å². The zero-order chi connectivity index (χ0) is 11.5. The molecule has 0 spiro atoms. The van der Waals surface area contributed by atoms with Crippen LogP contribution in [0.1, 0.15) is 17.3 Å². The van der Waals surface area contributed by atoms with Crippen molar-refractivity contribution >= 4 is 22.9 Å². The molecule has 2 nitrogen and oxygen atoms in total. The SMILES string of the molecule is NC(Cc1ccc(F)c(Cl)c1)c1cscn1. The summed E-state index contributed by atoms with van der Waals surface area (Å²) >= 11 is 7.20. The summed E-state index contributed by atoms with van der Waals surface area (Å²) in [5.74, 6) is -0.410. The smallest absolute Gasteiger partial charge is 0.141 e. The van der Waals surface area contributed by atoms with Gasteiger partial charge in [0.1, 0.15) is 5.82 Å². The van der Waals surface area contributed by atoms with Crippen molar-refractivity contribution in [3.63, 3.8) is 0 Å². The minimum atomic E-state index is -0.410. The normalized spacial score (nSPS) is 12.7. The Balaban J connectivity index is 2.12. The van der Waals surface area contributed by atoms with Crippen molar-refractivity contribution in [2.75, 3.05) is 0 Å². The van der Waals surface area contributed by atoms with Gasteiger partial charge in [0, 0.05) is 5.38 Å². The Labute approximate surface area is 102 Å². The van der Waals surface area contributed by atoms with Gasteiger partial charge in [-0.25, -0.2) is 9.37 Å². The second kappa shape index (κ2) is 4.91. The Morgan fingerprint density at radius 2 is 2.31 bits per heavy atom. The molecule has 2 N–H and O–H groups in total. The number of thiazole rings is 1. The van der Waals surface area contributed by atoms with Gasteiger partial charge < -0.3 is 5.73 Å². The molecule has 84 valence electrons. The van der Waals surface area contributed by atoms with Gasteiger partial charge in [0.05, 0.1) is 22.3 Å². The van der Waals surface area contributed by atoms with Crippen LogP contribution in [0.5, 0.6) is 0 Å². The third-order valence-corrected chi connectivity index (χ3v) is 3.17. The standard InChI is InChI=1S/C11H10ClFN2S/c12-8-3-7(1-2-9(8)13)4-10(14)11-5-16-6-15-11/h1-3,5-6,10H,4,14H2. The lowest BCUT2D eigenvalue weighted by atomic mass is 10.0. The van der Waals surface area contributed by atoms with E-state index in [-0.39, 0.29) is 11.1 Å². The molecular formula is C11H10ClFN2S. The summed E-state index contributed by atoms with van der Waals surface area (Å²) in [7, 11) is 0. The highest BCUT2D eigenvalue weighted by molar-refractivity contribution is 7.07. The van der Waals surface area contributed by atoms with Crippen LogP contribution in [0.3, 0.4) is 0 Å². The summed E-state index contributed by atoms with van der Waals surface area (Å²) < 4.78 is 12.9. The number of benzene rings is 1. The predicted octanol–water partition coefficient (Wildman–Crippen LogP) is 3.18. The van der Waals surface area contributed by atoms with E-state index in [4.69, 9.17) is 17.3 Å². The molecule has 1 aromatic carbocycles. The first-order valence-corrected chi connectivity index (χ1v) is 6.06. The largest absolute Gasteiger partial charge is 0.322 e. The predicted molar refractivity (Wildman–Crippen MR) is 64.2 cm³/mol. The third kappa shape index (κ3) is 2.58. The van der Waals surface area contributed by atoms with E-state index in [1.165, 1.54) is 17.4 Å². The zero-order valence-corrected chi connectivity index (χ0v) is 9.93. The molecule has 2 rings (SSSR count). The van der Waals surface area contributed by atoms with Crippen LogP contribution >= 0.6 is 22.9 Å². The number of hydrogen-bond acceptors (Lipinski definition) is 3. The molecule has 0 bridgehead atoms. The molecule has 0 saturated heterocycles. The molecular weight excluding hydrogens is 247 g/mol. The minimum Gasteiger partial charge on any atom is -0.322 e. The maximum Gasteiger partial charge on any atom is 0.141 e. The molecule has 0 fully saturated rings. The number of nitrogens with zero attached hydrogens (tertiary/aromatic N) is 1. The third-order valence-electron chi connectivity index (χ3n) is 2.27. The molecule has 1 unspecified atom stereocenters. The molecule has 0 saturated carbocycles. The second-order valence-corrected chi connectivity index (χ2v) is 4.60. The lowest BCUT2D eigenvalue weighted by Crippen LogP contribution is -2.13. The van der Waals surface area contributed by atoms with E-state index in [0.717, 1.165) is 11.3 Å². The number of rotatable bonds is 3. The van der Waals surface area contributed by atoms with E-state index in [1.807, 2.05) is 5.38 Å². The first-order valence-electron chi connectivity index (χ1n) is 4.74. The molecule has 2 aromatic rings. The number of nitrogens with two attached hydrogens (primary N) is 1. The lowest BCUT2D eigenvalue weighted by Gasteiger charge is -2.09. The average Bonchev–Trinajstić information content (AvgIpc) is 2.77. The van der Waals surface area contributed by atoms with Gasteiger partial charge in [-0.05, 0) is 24.1 Å². The summed E-state index contributed by atoms with van der Waals surface area (Å²) in [6.07, 6.45) is 0.601. The first kappa shape index (κ1) is 11.5. The minimum absolute atomic E-state index is 0.128. The molecule has 0 radical (unpaired) electrons. The summed E-state index contributed by atoms with van der Waals surface area (Å²) in [5.41, 5.74) is 9.47. The van der Waals surface area contributed by atoms with E-state index in [9.17, 15) is 4.39 Å². The number of hydrogen-bond donors (Lipinski definition) is 1. The van der Waals surface area contributed by atoms with Crippen LogP contribution in [-0.2, 0) is 6.42 Å². The summed E-state index contributed by atoms with van der Waals surface area (Å²) in [5, 5.41) is 2.04. The second-order valence-electron chi connectivity index (χ2n) is 3.47. The number of halogens is 2. The monoisotopic (exact) mass is 256 g/mol. The molecule has 5 heteroatoms. The summed E-state index contributed by atoms with van der Waals surface area (Å²) in [4.78, 5) is 4.14. The van der Waals surface area contributed by atoms with E-state index < -0.39 is 5.82 Å². The quantitative estimate of drug-likeness (QED) is 0.916. The van der Waals surface area contributed by atoms with Crippen LogP contribution in [0.25, 0.3) is 0 Å². The molecule has 1 aromatic heterocycles. The fourth-order valence-electron chi connectivity index (χ4n) is 1.43. The van der Waals surface area contributed by atoms with Gasteiger partial charge in [0.25, 0.3) is 0 Å². The van der Waals surface area contributed by atoms with Crippen LogP contribution in [0, 0.1) is 5.82 Å². The summed E-state index contributed by atoms with van der Waals surface area (Å²) in [6, 6.07) is 4.47. The van der Waals surface area contributed by atoms with Gasteiger partial charge in [-0.3, -0.25) is 0 Å². The maximum atomic E-state index is 12.9. The van der Waals surface area contributed by atoms with Crippen LogP contribution in [0.15, 0.2) is 29.1 Å². The molecule has 0 aliphatic rings. The Hall–Kier alpha value is -0.970. The van der Waals surface area contributed by atoms with Gasteiger partial charge in [-0.2, -0.15) is 0 Å². The highest BCUT2D eigenvalue weighted by Gasteiger charge is 2.10. The van der Waals surface area contributed by atoms with Gasteiger partial charge >= 0.3 is 0 Å². The Bertz CT molecular complexity index is 473. The van der Waals surface area contributed by atoms with Crippen molar-refractivity contribution in [3.05, 3.63) is 51.2 Å². The number of aromatic nitrogens is 1. The Kier molecular flexibility index (Phi) is 3.53. The van der Waals surface area contributed by atoms with Gasteiger partial charge in [-0.15, -0.1) is 11.3 Å². The average molecular weight is 257 g/mol. The van der Waals surface area contributed by atoms with Crippen LogP contribution in [0.2, 0.25) is 5.02 Å². The lowest BCUT2D eigenvalue weighted by molar-refractivity contribution is 0.625. The van der Waals surface area contributed by atoms with Crippen molar-refractivity contribution in [2.24, 2.45) is 5.73 Å². The topological polar surface area (TPSA) is 38.9 Å². The van der Waals surface area contributed by atoms with Crippen molar-refractivity contribution in [2.45, 2.75) is 12.5 Å². The molecule has 1 heterocycles. The van der Waals surface area contributed by atoms with Crippen molar-refractivity contribution < 1.29 is 4.39 Å². The molecule has 0 aliphatic heterocycles. The molecule has 1 atom stereocenters. The maximum absolute atomic E-state index is 12.9. The Morgan fingerprint density at radius 3 is 2.94 bits per heavy atom. The Morgan fingerprint density at radius 1 is 1.50 bits per heavy atom. The van der Waals surface area contributed by atoms with Gasteiger partial charge in [-0.1, -0.05) is 17.7 Å². The van der Waals surface area contributed by atoms with Crippen LogP contribution in [-0.4, -0.2) is 4.98 Å². The van der Waals surface area contributed by atoms with Crippen molar-refractivity contribution in [3.8, 4) is 0 Å². The molecule has 0 amide bonds. The fourth-order valence-corrected chi connectivity index (χ4v) is 2.25. The van der Waals surface area contributed by atoms with E-state index >= 15 is 0 Å². The van der Waals surface area contributed by atoms with Crippen molar-refractivity contribution in [1.29, 1.82) is 0 Å². The highest BCUT2D eigenvalue weighted by Crippen LogP contribution is 2.20. The van der Waals surface area contributed by atoms with E-state index in [1.54, 1.807) is 17.6 Å². The molecule has 0 aliphatic carbocycles. The van der Waals surface area contributed by atoms with Crippen LogP contribution < -0.4 is 5.73 Å². The summed E-state index contributed by atoms with van der Waals surface area (Å²) in [6.45, 7) is 0. The zero-order valence-electron chi connectivity index (χ0n) is 8.36. The fraction of sp³-hybridized carbons (Fsp3) is 0.182. The van der Waals surface area contributed by atoms with E-state index in [2.05, 4.69) is 4.98 Å². The van der Waals surface area contributed by atoms with Gasteiger partial charge in [0.15, 0.2) is 0 Å². The molecule has 16 heavy (non-hydrogen) atoms. The van der Waals surface area contributed by atoms with Crippen LogP contribution in [0.4, 0.5) is 4.39 Å². The van der Waals surface area contributed by atoms with Gasteiger partial charge in [0.2, 0.25) is 0 Å². The van der Waals surface area contributed by atoms with E-state index in [0.29, 0.717) is 6.42 Å². The highest BCUT2D eigenvalue weighted by atomic mass is 35.5. The first-order chi connectivity index (χ1) is 7.66.